The van der Waals surface area contributed by atoms with Gasteiger partial charge in [-0.3, -0.25) is 10.1 Å². The van der Waals surface area contributed by atoms with Crippen molar-refractivity contribution in [2.75, 3.05) is 19.6 Å². The zero-order chi connectivity index (χ0) is 18.9. The molecule has 0 saturated heterocycles. The third-order valence-electron chi connectivity index (χ3n) is 3.86. The van der Waals surface area contributed by atoms with Gasteiger partial charge in [0.05, 0.1) is 6.26 Å². The van der Waals surface area contributed by atoms with E-state index >= 15 is 0 Å². The van der Waals surface area contributed by atoms with Gasteiger partial charge in [-0.05, 0) is 43.2 Å². The number of guanidine groups is 1. The van der Waals surface area contributed by atoms with Gasteiger partial charge < -0.3 is 15.1 Å². The number of aliphatic imine (C=N–C) groups is 1. The van der Waals surface area contributed by atoms with Crippen molar-refractivity contribution in [2.24, 2.45) is 4.99 Å². The molecule has 28 heavy (non-hydrogen) atoms. The SMILES string of the molecule is CCNC(=NCCc1nc(-c2ccco2)n[nH]1)NCCc1ccc(F)cc1.I. The number of aromatic nitrogens is 3. The minimum atomic E-state index is -0.218. The molecule has 0 fully saturated rings. The lowest BCUT2D eigenvalue weighted by Gasteiger charge is -2.11. The first-order valence-corrected chi connectivity index (χ1v) is 8.96. The third-order valence-corrected chi connectivity index (χ3v) is 3.86. The fourth-order valence-corrected chi connectivity index (χ4v) is 2.51. The molecule has 3 rings (SSSR count). The minimum absolute atomic E-state index is 0. The smallest absolute Gasteiger partial charge is 0.216 e. The molecule has 3 N–H and O–H groups in total. The molecule has 3 aromatic rings. The molecule has 0 atom stereocenters. The summed E-state index contributed by atoms with van der Waals surface area (Å²) < 4.78 is 18.2. The fraction of sp³-hybridized carbons (Fsp3) is 0.316. The molecule has 150 valence electrons. The number of nitrogens with one attached hydrogen (secondary N) is 3. The van der Waals surface area contributed by atoms with Crippen molar-refractivity contribution in [1.29, 1.82) is 0 Å². The van der Waals surface area contributed by atoms with Gasteiger partial charge in [0, 0.05) is 26.1 Å². The van der Waals surface area contributed by atoms with Gasteiger partial charge in [-0.25, -0.2) is 9.37 Å². The van der Waals surface area contributed by atoms with Crippen molar-refractivity contribution in [1.82, 2.24) is 25.8 Å². The molecular formula is C19H24FIN6O. The zero-order valence-electron chi connectivity index (χ0n) is 15.6. The molecule has 0 bridgehead atoms. The number of rotatable bonds is 8. The summed E-state index contributed by atoms with van der Waals surface area (Å²) in [5.74, 6) is 2.46. The first-order chi connectivity index (χ1) is 13.2. The highest BCUT2D eigenvalue weighted by atomic mass is 127. The number of aromatic amines is 1. The van der Waals surface area contributed by atoms with Crippen molar-refractivity contribution in [3.63, 3.8) is 0 Å². The average molecular weight is 498 g/mol. The first kappa shape index (κ1) is 21.9. The summed E-state index contributed by atoms with van der Waals surface area (Å²) >= 11 is 0. The lowest BCUT2D eigenvalue weighted by Crippen LogP contribution is -2.38. The van der Waals surface area contributed by atoms with E-state index in [2.05, 4.69) is 30.8 Å². The van der Waals surface area contributed by atoms with Crippen molar-refractivity contribution in [3.05, 3.63) is 59.9 Å². The summed E-state index contributed by atoms with van der Waals surface area (Å²) in [6.07, 6.45) is 3.03. The van der Waals surface area contributed by atoms with E-state index in [-0.39, 0.29) is 29.8 Å². The number of furan rings is 1. The van der Waals surface area contributed by atoms with Gasteiger partial charge in [0.1, 0.15) is 11.6 Å². The van der Waals surface area contributed by atoms with Crippen LogP contribution < -0.4 is 10.6 Å². The van der Waals surface area contributed by atoms with Crippen LogP contribution in [0.3, 0.4) is 0 Å². The predicted octanol–water partition coefficient (Wildman–Crippen LogP) is 3.16. The van der Waals surface area contributed by atoms with E-state index in [1.165, 1.54) is 12.1 Å². The lowest BCUT2D eigenvalue weighted by molar-refractivity contribution is 0.577. The van der Waals surface area contributed by atoms with Crippen LogP contribution in [0.2, 0.25) is 0 Å². The zero-order valence-corrected chi connectivity index (χ0v) is 17.9. The molecule has 2 aromatic heterocycles. The second-order valence-corrected chi connectivity index (χ2v) is 5.90. The molecule has 7 nitrogen and oxygen atoms in total. The van der Waals surface area contributed by atoms with Crippen molar-refractivity contribution < 1.29 is 8.81 Å². The molecule has 0 amide bonds. The highest BCUT2D eigenvalue weighted by Gasteiger charge is 2.08. The first-order valence-electron chi connectivity index (χ1n) is 8.96. The van der Waals surface area contributed by atoms with Gasteiger partial charge in [-0.15, -0.1) is 24.0 Å². The normalized spacial score (nSPS) is 11.1. The van der Waals surface area contributed by atoms with E-state index < -0.39 is 0 Å². The topological polar surface area (TPSA) is 91.1 Å². The van der Waals surface area contributed by atoms with Gasteiger partial charge in [-0.1, -0.05) is 12.1 Å². The molecule has 0 unspecified atom stereocenters. The molecule has 9 heteroatoms. The van der Waals surface area contributed by atoms with E-state index in [0.717, 1.165) is 30.3 Å². The van der Waals surface area contributed by atoms with Crippen molar-refractivity contribution in [2.45, 2.75) is 19.8 Å². The van der Waals surface area contributed by atoms with E-state index in [1.807, 2.05) is 13.0 Å². The van der Waals surface area contributed by atoms with Crippen LogP contribution in [-0.4, -0.2) is 40.8 Å². The monoisotopic (exact) mass is 498 g/mol. The summed E-state index contributed by atoms with van der Waals surface area (Å²) in [6, 6.07) is 10.2. The molecule has 1 aromatic carbocycles. The highest BCUT2D eigenvalue weighted by Crippen LogP contribution is 2.14. The van der Waals surface area contributed by atoms with E-state index in [0.29, 0.717) is 31.1 Å². The Hall–Kier alpha value is -2.43. The molecule has 0 spiro atoms. The van der Waals surface area contributed by atoms with E-state index in [1.54, 1.807) is 24.5 Å². The summed E-state index contributed by atoms with van der Waals surface area (Å²) in [7, 11) is 0. The van der Waals surface area contributed by atoms with Gasteiger partial charge >= 0.3 is 0 Å². The number of halogens is 2. The van der Waals surface area contributed by atoms with Gasteiger partial charge in [-0.2, -0.15) is 5.10 Å². The molecule has 0 aliphatic rings. The Balaban J connectivity index is 0.00000280. The Labute approximate surface area is 180 Å². The predicted molar refractivity (Wildman–Crippen MR) is 117 cm³/mol. The van der Waals surface area contributed by atoms with Crippen LogP contribution >= 0.6 is 24.0 Å². The van der Waals surface area contributed by atoms with Crippen molar-refractivity contribution >= 4 is 29.9 Å². The summed E-state index contributed by atoms with van der Waals surface area (Å²) in [4.78, 5) is 8.95. The summed E-state index contributed by atoms with van der Waals surface area (Å²) in [5.41, 5.74) is 1.08. The number of H-pyrrole nitrogens is 1. The van der Waals surface area contributed by atoms with Gasteiger partial charge in [0.15, 0.2) is 11.7 Å². The summed E-state index contributed by atoms with van der Waals surface area (Å²) in [6.45, 7) is 4.07. The van der Waals surface area contributed by atoms with Gasteiger partial charge in [0.2, 0.25) is 5.82 Å². The summed E-state index contributed by atoms with van der Waals surface area (Å²) in [5, 5.41) is 13.5. The van der Waals surface area contributed by atoms with Crippen LogP contribution in [0, 0.1) is 5.82 Å². The van der Waals surface area contributed by atoms with Crippen LogP contribution in [0.15, 0.2) is 52.1 Å². The molecule has 0 saturated carbocycles. The third kappa shape index (κ3) is 6.63. The molecule has 0 radical (unpaired) electrons. The van der Waals surface area contributed by atoms with Crippen LogP contribution in [0.25, 0.3) is 11.6 Å². The molecule has 0 aliphatic heterocycles. The van der Waals surface area contributed by atoms with Gasteiger partial charge in [0.25, 0.3) is 0 Å². The maximum absolute atomic E-state index is 12.9. The Morgan fingerprint density at radius 2 is 2.00 bits per heavy atom. The quantitative estimate of drug-likeness (QED) is 0.252. The van der Waals surface area contributed by atoms with Crippen molar-refractivity contribution in [3.8, 4) is 11.6 Å². The Morgan fingerprint density at radius 1 is 1.18 bits per heavy atom. The van der Waals surface area contributed by atoms with E-state index in [4.69, 9.17) is 4.42 Å². The Bertz CT molecular complexity index is 848. The molecular weight excluding hydrogens is 474 g/mol. The average Bonchev–Trinajstić information content (AvgIpc) is 3.35. The maximum Gasteiger partial charge on any atom is 0.216 e. The maximum atomic E-state index is 12.9. The largest absolute Gasteiger partial charge is 0.461 e. The number of nitrogens with zero attached hydrogens (tertiary/aromatic N) is 3. The van der Waals surface area contributed by atoms with Crippen LogP contribution in [0.1, 0.15) is 18.3 Å². The fourth-order valence-electron chi connectivity index (χ4n) is 2.51. The standard InChI is InChI=1S/C19H23FN6O.HI/c1-2-21-19(22-11-9-14-5-7-15(20)8-6-14)23-12-10-17-24-18(26-25-17)16-4-3-13-27-16;/h3-8,13H,2,9-12H2,1H3,(H2,21,22,23)(H,24,25,26);1H. The molecule has 2 heterocycles. The van der Waals surface area contributed by atoms with Crippen LogP contribution in [-0.2, 0) is 12.8 Å². The Kier molecular flexibility index (Phi) is 8.92. The second-order valence-electron chi connectivity index (χ2n) is 5.90. The van der Waals surface area contributed by atoms with Crippen LogP contribution in [0.5, 0.6) is 0 Å². The number of hydrogen-bond donors (Lipinski definition) is 3. The number of hydrogen-bond acceptors (Lipinski definition) is 4. The second kappa shape index (κ2) is 11.4. The number of benzene rings is 1. The Morgan fingerprint density at radius 3 is 2.71 bits per heavy atom. The van der Waals surface area contributed by atoms with E-state index in [9.17, 15) is 4.39 Å². The van der Waals surface area contributed by atoms with Crippen LogP contribution in [0.4, 0.5) is 4.39 Å². The molecule has 0 aliphatic carbocycles. The lowest BCUT2D eigenvalue weighted by atomic mass is 10.1. The highest BCUT2D eigenvalue weighted by molar-refractivity contribution is 14.0. The minimum Gasteiger partial charge on any atom is -0.461 e.